The Labute approximate surface area is 134 Å². The van der Waals surface area contributed by atoms with Crippen molar-refractivity contribution in [3.05, 3.63) is 59.9 Å². The summed E-state index contributed by atoms with van der Waals surface area (Å²) in [5.74, 6) is -0.822. The van der Waals surface area contributed by atoms with E-state index in [1.807, 2.05) is 0 Å². The first-order valence-corrected chi connectivity index (χ1v) is 9.59. The molecule has 0 heterocycles. The highest BCUT2D eigenvalue weighted by Crippen LogP contribution is 2.13. The first-order valence-electron chi connectivity index (χ1n) is 6.56. The number of hydrogen-bond donors (Lipinski definition) is 2. The van der Waals surface area contributed by atoms with Gasteiger partial charge in [-0.15, -0.1) is 0 Å². The molecule has 2 rings (SSSR count). The smallest absolute Gasteiger partial charge is 0.225 e. The third-order valence-corrected chi connectivity index (χ3v) is 5.51. The van der Waals surface area contributed by atoms with Gasteiger partial charge in [-0.05, 0) is 36.2 Å². The van der Waals surface area contributed by atoms with Crippen LogP contribution in [-0.4, -0.2) is 23.4 Å². The van der Waals surface area contributed by atoms with E-state index in [1.54, 1.807) is 0 Å². The number of halogens is 1. The van der Waals surface area contributed by atoms with Gasteiger partial charge < -0.3 is 0 Å². The summed E-state index contributed by atoms with van der Waals surface area (Å²) in [7, 11) is -7.69. The highest BCUT2D eigenvalue weighted by molar-refractivity contribution is 7.89. The van der Waals surface area contributed by atoms with Crippen molar-refractivity contribution >= 4 is 20.0 Å². The Morgan fingerprint density at radius 3 is 2.13 bits per heavy atom. The first kappa shape index (κ1) is 17.5. The average molecular weight is 358 g/mol. The van der Waals surface area contributed by atoms with Crippen molar-refractivity contribution in [1.29, 1.82) is 0 Å². The largest absolute Gasteiger partial charge is 0.243 e. The minimum atomic E-state index is -3.93. The maximum Gasteiger partial charge on any atom is 0.243 e. The number of sulfonamides is 2. The predicted octanol–water partition coefficient (Wildman–Crippen LogP) is 0.994. The van der Waals surface area contributed by atoms with E-state index in [9.17, 15) is 21.2 Å². The molecule has 0 aliphatic heterocycles. The Morgan fingerprint density at radius 1 is 0.957 bits per heavy atom. The van der Waals surface area contributed by atoms with Crippen molar-refractivity contribution in [3.8, 4) is 0 Å². The first-order chi connectivity index (χ1) is 10.7. The summed E-state index contributed by atoms with van der Waals surface area (Å²) in [6, 6.07) is 10.9. The van der Waals surface area contributed by atoms with Crippen LogP contribution in [-0.2, 0) is 26.5 Å². The van der Waals surface area contributed by atoms with Crippen molar-refractivity contribution in [2.75, 3.05) is 6.54 Å². The summed E-state index contributed by atoms with van der Waals surface area (Å²) in [6.45, 7) is 0.0470. The minimum absolute atomic E-state index is 0.0202. The lowest BCUT2D eigenvalue weighted by Gasteiger charge is -2.08. The van der Waals surface area contributed by atoms with Crippen molar-refractivity contribution in [1.82, 2.24) is 4.72 Å². The normalized spacial score (nSPS) is 12.3. The predicted molar refractivity (Wildman–Crippen MR) is 83.1 cm³/mol. The molecule has 23 heavy (non-hydrogen) atoms. The van der Waals surface area contributed by atoms with Crippen LogP contribution in [0.3, 0.4) is 0 Å². The molecule has 6 nitrogen and oxygen atoms in total. The van der Waals surface area contributed by atoms with Crippen LogP contribution >= 0.6 is 0 Å². The molecule has 0 unspecified atom stereocenters. The summed E-state index contributed by atoms with van der Waals surface area (Å²) in [4.78, 5) is -0.433. The number of rotatable bonds is 6. The van der Waals surface area contributed by atoms with Gasteiger partial charge >= 0.3 is 0 Å². The molecule has 3 N–H and O–H groups in total. The Bertz CT molecular complexity index is 895. The van der Waals surface area contributed by atoms with Gasteiger partial charge in [0.2, 0.25) is 20.0 Å². The van der Waals surface area contributed by atoms with Crippen LogP contribution in [0, 0.1) is 5.82 Å². The van der Waals surface area contributed by atoms with Crippen molar-refractivity contribution in [2.24, 2.45) is 5.14 Å². The molecular weight excluding hydrogens is 343 g/mol. The molecule has 0 aliphatic rings. The number of primary sulfonamides is 1. The summed E-state index contributed by atoms with van der Waals surface area (Å²) in [5.41, 5.74) is 0.716. The summed E-state index contributed by atoms with van der Waals surface area (Å²) in [6.07, 6.45) is 0.318. The van der Waals surface area contributed by atoms with Crippen molar-refractivity contribution in [2.45, 2.75) is 16.2 Å². The van der Waals surface area contributed by atoms with E-state index in [4.69, 9.17) is 5.14 Å². The second-order valence-electron chi connectivity index (χ2n) is 4.77. The number of hydrogen-bond acceptors (Lipinski definition) is 4. The molecule has 0 fully saturated rings. The molecule has 2 aromatic rings. The maximum absolute atomic E-state index is 13.5. The second-order valence-corrected chi connectivity index (χ2v) is 8.06. The maximum atomic E-state index is 13.5. The SMILES string of the molecule is NS(=O)(=O)c1ccc(CCNS(=O)(=O)c2ccccc2F)cc1. The molecule has 0 bridgehead atoms. The van der Waals surface area contributed by atoms with Crippen molar-refractivity contribution in [3.63, 3.8) is 0 Å². The van der Waals surface area contributed by atoms with E-state index in [1.165, 1.54) is 42.5 Å². The van der Waals surface area contributed by atoms with Crippen LogP contribution in [0.5, 0.6) is 0 Å². The van der Waals surface area contributed by atoms with Gasteiger partial charge in [0.1, 0.15) is 10.7 Å². The fraction of sp³-hybridized carbons (Fsp3) is 0.143. The zero-order valence-corrected chi connectivity index (χ0v) is 13.6. The standard InChI is InChI=1S/C14H15FN2O4S2/c15-13-3-1-2-4-14(13)23(20,21)17-10-9-11-5-7-12(8-6-11)22(16,18)19/h1-8,17H,9-10H2,(H2,16,18,19). The average Bonchev–Trinajstić information content (AvgIpc) is 2.47. The molecular formula is C14H15FN2O4S2. The van der Waals surface area contributed by atoms with Crippen LogP contribution in [0.2, 0.25) is 0 Å². The molecule has 0 radical (unpaired) electrons. The Morgan fingerprint density at radius 2 is 1.57 bits per heavy atom. The quantitative estimate of drug-likeness (QED) is 0.803. The Hall–Kier alpha value is -1.81. The van der Waals surface area contributed by atoms with E-state index in [0.29, 0.717) is 12.0 Å². The van der Waals surface area contributed by atoms with E-state index in [0.717, 1.165) is 6.07 Å². The van der Waals surface area contributed by atoms with Crippen molar-refractivity contribution < 1.29 is 21.2 Å². The van der Waals surface area contributed by atoms with Gasteiger partial charge in [0, 0.05) is 6.54 Å². The molecule has 2 aromatic carbocycles. The fourth-order valence-electron chi connectivity index (χ4n) is 1.92. The van der Waals surface area contributed by atoms with Gasteiger partial charge in [-0.25, -0.2) is 31.1 Å². The lowest BCUT2D eigenvalue weighted by molar-refractivity contribution is 0.557. The summed E-state index contributed by atoms with van der Waals surface area (Å²) in [5, 5.41) is 4.99. The van der Waals surface area contributed by atoms with E-state index in [2.05, 4.69) is 4.72 Å². The Balaban J connectivity index is 2.01. The lowest BCUT2D eigenvalue weighted by atomic mass is 10.2. The molecule has 0 aromatic heterocycles. The van der Waals surface area contributed by atoms with E-state index >= 15 is 0 Å². The van der Waals surface area contributed by atoms with Crippen LogP contribution in [0.25, 0.3) is 0 Å². The number of benzene rings is 2. The molecule has 9 heteroatoms. The highest BCUT2D eigenvalue weighted by atomic mass is 32.2. The number of nitrogens with two attached hydrogens (primary N) is 1. The lowest BCUT2D eigenvalue weighted by Crippen LogP contribution is -2.26. The molecule has 0 atom stereocenters. The topological polar surface area (TPSA) is 106 Å². The zero-order chi connectivity index (χ0) is 17.1. The third-order valence-electron chi connectivity index (χ3n) is 3.08. The third kappa shape index (κ3) is 4.58. The zero-order valence-electron chi connectivity index (χ0n) is 11.9. The van der Waals surface area contributed by atoms with Gasteiger partial charge in [-0.3, -0.25) is 0 Å². The van der Waals surface area contributed by atoms with Crippen LogP contribution in [0.1, 0.15) is 5.56 Å². The molecule has 0 saturated heterocycles. The molecule has 124 valence electrons. The summed E-state index contributed by atoms with van der Waals surface area (Å²) >= 11 is 0. The van der Waals surface area contributed by atoms with E-state index in [-0.39, 0.29) is 11.4 Å². The number of nitrogens with one attached hydrogen (secondary N) is 1. The molecule has 0 amide bonds. The monoisotopic (exact) mass is 358 g/mol. The second kappa shape index (κ2) is 6.75. The fourth-order valence-corrected chi connectivity index (χ4v) is 3.54. The van der Waals surface area contributed by atoms with Crippen LogP contribution < -0.4 is 9.86 Å². The van der Waals surface area contributed by atoms with Gasteiger partial charge in [0.05, 0.1) is 4.90 Å². The minimum Gasteiger partial charge on any atom is -0.225 e. The summed E-state index contributed by atoms with van der Waals surface area (Å²) < 4.78 is 62.0. The molecule has 0 saturated carbocycles. The van der Waals surface area contributed by atoms with Gasteiger partial charge in [-0.2, -0.15) is 0 Å². The highest BCUT2D eigenvalue weighted by Gasteiger charge is 2.17. The van der Waals surface area contributed by atoms with Gasteiger partial charge in [-0.1, -0.05) is 24.3 Å². The molecule has 0 spiro atoms. The molecule has 0 aliphatic carbocycles. The Kier molecular flexibility index (Phi) is 5.15. The van der Waals surface area contributed by atoms with E-state index < -0.39 is 30.8 Å². The van der Waals surface area contributed by atoms with Crippen LogP contribution in [0.15, 0.2) is 58.3 Å². The van der Waals surface area contributed by atoms with Gasteiger partial charge in [0.15, 0.2) is 0 Å². The van der Waals surface area contributed by atoms with Gasteiger partial charge in [0.25, 0.3) is 0 Å². The van der Waals surface area contributed by atoms with Crippen LogP contribution in [0.4, 0.5) is 4.39 Å².